The standard InChI is InChI=1S/C26H33ClN4O4S/c1-26(2,23(28)25(34)35)36-17-22(32)29-21-9-5-19(6-10-21)24(33)31-15-13-30(14-16-31)12-11-18-3-7-20(27)8-4-18/h3-10,23H,11-17,28H2,1-2H3,(H,29,32)(H,34,35). The van der Waals surface area contributed by atoms with E-state index in [0.717, 1.165) is 31.1 Å². The summed E-state index contributed by atoms with van der Waals surface area (Å²) in [5.41, 5.74) is 8.09. The number of rotatable bonds is 10. The van der Waals surface area contributed by atoms with Gasteiger partial charge in [-0.05, 0) is 62.2 Å². The van der Waals surface area contributed by atoms with Crippen molar-refractivity contribution >= 4 is 46.8 Å². The van der Waals surface area contributed by atoms with E-state index >= 15 is 0 Å². The third kappa shape index (κ3) is 7.96. The third-order valence-electron chi connectivity index (χ3n) is 6.30. The SMILES string of the molecule is CC(C)(SCC(=O)Nc1ccc(C(=O)N2CCN(CCc3ccc(Cl)cc3)CC2)cc1)C(N)C(=O)O. The highest BCUT2D eigenvalue weighted by Crippen LogP contribution is 2.27. The van der Waals surface area contributed by atoms with Crippen molar-refractivity contribution in [2.24, 2.45) is 5.73 Å². The number of carboxylic acid groups (broad SMARTS) is 1. The molecule has 0 bridgehead atoms. The lowest BCUT2D eigenvalue weighted by Gasteiger charge is -2.34. The summed E-state index contributed by atoms with van der Waals surface area (Å²) in [5, 5.41) is 12.6. The van der Waals surface area contributed by atoms with Crippen LogP contribution in [0.25, 0.3) is 0 Å². The van der Waals surface area contributed by atoms with Gasteiger partial charge in [0.25, 0.3) is 5.91 Å². The highest BCUT2D eigenvalue weighted by Gasteiger charge is 2.33. The topological polar surface area (TPSA) is 116 Å². The molecule has 0 aromatic heterocycles. The molecule has 2 aromatic rings. The van der Waals surface area contributed by atoms with Gasteiger partial charge in [0.15, 0.2) is 0 Å². The molecule has 8 nitrogen and oxygen atoms in total. The van der Waals surface area contributed by atoms with Gasteiger partial charge in [-0.2, -0.15) is 0 Å². The number of hydrogen-bond donors (Lipinski definition) is 3. The van der Waals surface area contributed by atoms with E-state index in [-0.39, 0.29) is 17.6 Å². The molecule has 194 valence electrons. The molecule has 3 rings (SSSR count). The van der Waals surface area contributed by atoms with Crippen molar-refractivity contribution in [1.82, 2.24) is 9.80 Å². The molecule has 1 heterocycles. The second-order valence-electron chi connectivity index (χ2n) is 9.34. The molecular formula is C26H33ClN4O4S. The first-order valence-electron chi connectivity index (χ1n) is 11.8. The van der Waals surface area contributed by atoms with E-state index in [1.54, 1.807) is 38.1 Å². The molecule has 0 radical (unpaired) electrons. The fraction of sp³-hybridized carbons (Fsp3) is 0.423. The number of nitrogens with zero attached hydrogens (tertiary/aromatic N) is 2. The lowest BCUT2D eigenvalue weighted by Crippen LogP contribution is -2.49. The Kier molecular flexibility index (Phi) is 9.78. The largest absolute Gasteiger partial charge is 0.480 e. The Morgan fingerprint density at radius 1 is 1.06 bits per heavy atom. The third-order valence-corrected chi connectivity index (χ3v) is 7.95. The van der Waals surface area contributed by atoms with Gasteiger partial charge in [-0.1, -0.05) is 23.7 Å². The number of carboxylic acids is 1. The van der Waals surface area contributed by atoms with E-state index in [4.69, 9.17) is 22.4 Å². The summed E-state index contributed by atoms with van der Waals surface area (Å²) in [4.78, 5) is 40.6. The van der Waals surface area contributed by atoms with Crippen LogP contribution in [0.3, 0.4) is 0 Å². The molecule has 2 aromatic carbocycles. The number of amides is 2. The Bertz CT molecular complexity index is 1050. The molecule has 1 aliphatic rings. The Morgan fingerprint density at radius 3 is 2.25 bits per heavy atom. The van der Waals surface area contributed by atoms with Gasteiger partial charge >= 0.3 is 5.97 Å². The molecule has 2 amide bonds. The lowest BCUT2D eigenvalue weighted by atomic mass is 10.1. The van der Waals surface area contributed by atoms with Gasteiger partial charge in [-0.25, -0.2) is 0 Å². The number of thioether (sulfide) groups is 1. The fourth-order valence-corrected chi connectivity index (χ4v) is 4.81. The molecule has 10 heteroatoms. The van der Waals surface area contributed by atoms with Crippen molar-refractivity contribution in [3.05, 3.63) is 64.7 Å². The van der Waals surface area contributed by atoms with E-state index < -0.39 is 16.8 Å². The maximum absolute atomic E-state index is 12.9. The predicted molar refractivity (Wildman–Crippen MR) is 145 cm³/mol. The summed E-state index contributed by atoms with van der Waals surface area (Å²) >= 11 is 7.13. The molecule has 0 spiro atoms. The van der Waals surface area contributed by atoms with E-state index in [1.807, 2.05) is 29.2 Å². The number of nitrogens with two attached hydrogens (primary N) is 1. The Labute approximate surface area is 221 Å². The van der Waals surface area contributed by atoms with Crippen molar-refractivity contribution in [3.63, 3.8) is 0 Å². The van der Waals surface area contributed by atoms with E-state index in [0.29, 0.717) is 24.3 Å². The molecule has 1 unspecified atom stereocenters. The molecular weight excluding hydrogens is 500 g/mol. The van der Waals surface area contributed by atoms with Crippen LogP contribution in [0.5, 0.6) is 0 Å². The summed E-state index contributed by atoms with van der Waals surface area (Å²) in [6.45, 7) is 7.33. The van der Waals surface area contributed by atoms with Crippen molar-refractivity contribution in [1.29, 1.82) is 0 Å². The Morgan fingerprint density at radius 2 is 1.67 bits per heavy atom. The van der Waals surface area contributed by atoms with Crippen LogP contribution in [-0.4, -0.2) is 82.0 Å². The van der Waals surface area contributed by atoms with Crippen LogP contribution in [0.2, 0.25) is 5.02 Å². The van der Waals surface area contributed by atoms with Gasteiger partial charge in [0, 0.05) is 53.7 Å². The van der Waals surface area contributed by atoms with Gasteiger partial charge in [-0.3, -0.25) is 19.3 Å². The maximum Gasteiger partial charge on any atom is 0.321 e. The van der Waals surface area contributed by atoms with Crippen molar-refractivity contribution in [2.75, 3.05) is 43.8 Å². The summed E-state index contributed by atoms with van der Waals surface area (Å²) < 4.78 is -0.792. The second kappa shape index (κ2) is 12.6. The normalized spacial score (nSPS) is 15.4. The number of nitrogens with one attached hydrogen (secondary N) is 1. The molecule has 1 fully saturated rings. The Hall–Kier alpha value is -2.59. The van der Waals surface area contributed by atoms with E-state index in [2.05, 4.69) is 10.2 Å². The molecule has 1 saturated heterocycles. The summed E-state index contributed by atoms with van der Waals surface area (Å²) in [6.07, 6.45) is 0.945. The van der Waals surface area contributed by atoms with Crippen LogP contribution >= 0.6 is 23.4 Å². The minimum Gasteiger partial charge on any atom is -0.480 e. The van der Waals surface area contributed by atoms with Crippen LogP contribution in [0, 0.1) is 0 Å². The lowest BCUT2D eigenvalue weighted by molar-refractivity contribution is -0.139. The van der Waals surface area contributed by atoms with Crippen LogP contribution in [-0.2, 0) is 16.0 Å². The van der Waals surface area contributed by atoms with Crippen molar-refractivity contribution in [3.8, 4) is 0 Å². The number of benzene rings is 2. The van der Waals surface area contributed by atoms with E-state index in [1.165, 1.54) is 17.3 Å². The van der Waals surface area contributed by atoms with Crippen LogP contribution < -0.4 is 11.1 Å². The van der Waals surface area contributed by atoms with Crippen molar-refractivity contribution < 1.29 is 19.5 Å². The molecule has 0 saturated carbocycles. The monoisotopic (exact) mass is 532 g/mol. The number of anilines is 1. The van der Waals surface area contributed by atoms with Crippen LogP contribution in [0.15, 0.2) is 48.5 Å². The number of piperazine rings is 1. The Balaban J connectivity index is 1.43. The molecule has 4 N–H and O–H groups in total. The molecule has 0 aliphatic carbocycles. The second-order valence-corrected chi connectivity index (χ2v) is 11.4. The average Bonchev–Trinajstić information content (AvgIpc) is 2.87. The number of aliphatic carboxylic acids is 1. The number of halogens is 1. The number of carbonyl (C=O) groups excluding carboxylic acids is 2. The minimum atomic E-state index is -1.10. The summed E-state index contributed by atoms with van der Waals surface area (Å²) in [6, 6.07) is 13.6. The first-order chi connectivity index (χ1) is 17.0. The zero-order chi connectivity index (χ0) is 26.3. The zero-order valence-corrected chi connectivity index (χ0v) is 22.1. The quantitative estimate of drug-likeness (QED) is 0.430. The fourth-order valence-electron chi connectivity index (χ4n) is 3.83. The van der Waals surface area contributed by atoms with Crippen molar-refractivity contribution in [2.45, 2.75) is 31.1 Å². The average molecular weight is 533 g/mol. The number of hydrogen-bond acceptors (Lipinski definition) is 6. The molecule has 1 atom stereocenters. The summed E-state index contributed by atoms with van der Waals surface area (Å²) in [5.74, 6) is -1.33. The highest BCUT2D eigenvalue weighted by molar-refractivity contribution is 8.01. The maximum atomic E-state index is 12.9. The van der Waals surface area contributed by atoms with Crippen LogP contribution in [0.4, 0.5) is 5.69 Å². The van der Waals surface area contributed by atoms with Crippen LogP contribution in [0.1, 0.15) is 29.8 Å². The van der Waals surface area contributed by atoms with E-state index in [9.17, 15) is 14.4 Å². The minimum absolute atomic E-state index is 0.0230. The highest BCUT2D eigenvalue weighted by atomic mass is 35.5. The smallest absolute Gasteiger partial charge is 0.321 e. The predicted octanol–water partition coefficient (Wildman–Crippen LogP) is 3.20. The van der Waals surface area contributed by atoms with Gasteiger partial charge in [-0.15, -0.1) is 11.8 Å². The van der Waals surface area contributed by atoms with Gasteiger partial charge in [0.05, 0.1) is 5.75 Å². The summed E-state index contributed by atoms with van der Waals surface area (Å²) in [7, 11) is 0. The first-order valence-corrected chi connectivity index (χ1v) is 13.2. The van der Waals surface area contributed by atoms with Gasteiger partial charge in [0.1, 0.15) is 6.04 Å². The van der Waals surface area contributed by atoms with Gasteiger partial charge in [0.2, 0.25) is 5.91 Å². The number of carbonyl (C=O) groups is 3. The molecule has 1 aliphatic heterocycles. The zero-order valence-electron chi connectivity index (χ0n) is 20.6. The van der Waals surface area contributed by atoms with Gasteiger partial charge < -0.3 is 21.1 Å². The first kappa shape index (κ1) is 28.0. The molecule has 36 heavy (non-hydrogen) atoms.